The van der Waals surface area contributed by atoms with Gasteiger partial charge in [0.25, 0.3) is 0 Å². The molecule has 86 valence electrons. The van der Waals surface area contributed by atoms with E-state index in [1.54, 1.807) is 6.07 Å². The van der Waals surface area contributed by atoms with Gasteiger partial charge in [-0.3, -0.25) is 0 Å². The van der Waals surface area contributed by atoms with Gasteiger partial charge in [-0.15, -0.1) is 0 Å². The molecule has 0 heterocycles. The van der Waals surface area contributed by atoms with Crippen molar-refractivity contribution in [1.82, 2.24) is 0 Å². The molecule has 1 aliphatic rings. The molecule has 0 aromatic heterocycles. The van der Waals surface area contributed by atoms with Crippen molar-refractivity contribution in [1.29, 1.82) is 0 Å². The molecule has 1 aromatic rings. The van der Waals surface area contributed by atoms with E-state index in [1.807, 2.05) is 30.4 Å². The van der Waals surface area contributed by atoms with Gasteiger partial charge in [0, 0.05) is 0 Å². The van der Waals surface area contributed by atoms with Gasteiger partial charge in [0.05, 0.1) is 0 Å². The number of rotatable bonds is 1. The van der Waals surface area contributed by atoms with Crippen LogP contribution in [0.2, 0.25) is 0 Å². The highest BCUT2D eigenvalue weighted by atomic mass is 16.4. The van der Waals surface area contributed by atoms with Crippen LogP contribution in [-0.2, 0) is 6.42 Å². The highest BCUT2D eigenvalue weighted by Gasteiger charge is 2.19. The molecular formula is C14H15BO2. The van der Waals surface area contributed by atoms with Crippen LogP contribution in [0.1, 0.15) is 17.5 Å². The lowest BCUT2D eigenvalue weighted by atomic mass is 9.73. The molecule has 2 rings (SSSR count). The zero-order valence-electron chi connectivity index (χ0n) is 9.63. The Balaban J connectivity index is 2.57. The number of hydrogen-bond donors (Lipinski definition) is 2. The first kappa shape index (κ1) is 11.9. The minimum Gasteiger partial charge on any atom is -0.423 e. The molecule has 0 amide bonds. The molecule has 0 spiro atoms. The number of allylic oxidation sites excluding steroid dienone is 5. The lowest BCUT2D eigenvalue weighted by Crippen LogP contribution is -2.33. The first-order valence-electron chi connectivity index (χ1n) is 5.70. The fraction of sp³-hybridized carbons (Fsp3) is 0.143. The third-order valence-corrected chi connectivity index (χ3v) is 2.91. The molecule has 3 heteroatoms. The Hall–Kier alpha value is -1.58. The SMILES string of the molecule is C=C1/C=C\C=C/CCc2cccc(B(O)O)c21. The predicted molar refractivity (Wildman–Crippen MR) is 71.9 cm³/mol. The van der Waals surface area contributed by atoms with Gasteiger partial charge in [0.15, 0.2) is 0 Å². The lowest BCUT2D eigenvalue weighted by Gasteiger charge is -2.14. The molecular weight excluding hydrogens is 211 g/mol. The van der Waals surface area contributed by atoms with Gasteiger partial charge in [0.2, 0.25) is 0 Å². The molecule has 1 aliphatic carbocycles. The van der Waals surface area contributed by atoms with Crippen molar-refractivity contribution >= 4 is 18.2 Å². The van der Waals surface area contributed by atoms with Gasteiger partial charge in [-0.25, -0.2) is 0 Å². The maximum atomic E-state index is 9.40. The van der Waals surface area contributed by atoms with E-state index < -0.39 is 7.12 Å². The number of benzene rings is 1. The Bertz CT molecular complexity index is 487. The third kappa shape index (κ3) is 2.57. The van der Waals surface area contributed by atoms with E-state index in [2.05, 4.69) is 12.7 Å². The Kier molecular flexibility index (Phi) is 3.62. The zero-order valence-corrected chi connectivity index (χ0v) is 9.63. The van der Waals surface area contributed by atoms with Crippen LogP contribution >= 0.6 is 0 Å². The summed E-state index contributed by atoms with van der Waals surface area (Å²) in [6, 6.07) is 5.60. The first-order valence-corrected chi connectivity index (χ1v) is 5.70. The number of fused-ring (bicyclic) bond motifs is 1. The minimum atomic E-state index is -1.45. The van der Waals surface area contributed by atoms with E-state index in [1.165, 1.54) is 0 Å². The van der Waals surface area contributed by atoms with E-state index in [-0.39, 0.29) is 0 Å². The summed E-state index contributed by atoms with van der Waals surface area (Å²) in [6.45, 7) is 4.00. The summed E-state index contributed by atoms with van der Waals surface area (Å²) in [5.74, 6) is 0. The summed E-state index contributed by atoms with van der Waals surface area (Å²) in [4.78, 5) is 0. The molecule has 0 fully saturated rings. The predicted octanol–water partition coefficient (Wildman–Crippen LogP) is 1.44. The normalized spacial score (nSPS) is 18.6. The van der Waals surface area contributed by atoms with Crippen LogP contribution < -0.4 is 5.46 Å². The average Bonchev–Trinajstić information content (AvgIpc) is 2.40. The summed E-state index contributed by atoms with van der Waals surface area (Å²) in [7, 11) is -1.45. The fourth-order valence-electron chi connectivity index (χ4n) is 2.10. The van der Waals surface area contributed by atoms with Gasteiger partial charge in [-0.2, -0.15) is 0 Å². The van der Waals surface area contributed by atoms with Crippen molar-refractivity contribution < 1.29 is 10.0 Å². The Labute approximate surface area is 102 Å². The smallest absolute Gasteiger partial charge is 0.423 e. The number of hydrogen-bond acceptors (Lipinski definition) is 2. The van der Waals surface area contributed by atoms with Crippen LogP contribution in [0, 0.1) is 0 Å². The summed E-state index contributed by atoms with van der Waals surface area (Å²) in [5, 5.41) is 18.8. The Morgan fingerprint density at radius 2 is 2.00 bits per heavy atom. The van der Waals surface area contributed by atoms with E-state index >= 15 is 0 Å². The van der Waals surface area contributed by atoms with Crippen LogP contribution in [0.5, 0.6) is 0 Å². The molecule has 2 nitrogen and oxygen atoms in total. The third-order valence-electron chi connectivity index (χ3n) is 2.91. The van der Waals surface area contributed by atoms with Crippen LogP contribution in [0.3, 0.4) is 0 Å². The number of aryl methyl sites for hydroxylation is 1. The van der Waals surface area contributed by atoms with Crippen molar-refractivity contribution in [3.05, 3.63) is 60.2 Å². The average molecular weight is 226 g/mol. The quantitative estimate of drug-likeness (QED) is 0.711. The summed E-state index contributed by atoms with van der Waals surface area (Å²) in [5.41, 5.74) is 3.31. The van der Waals surface area contributed by atoms with Gasteiger partial charge in [-0.05, 0) is 35.0 Å². The maximum Gasteiger partial charge on any atom is 0.489 e. The van der Waals surface area contributed by atoms with Crippen LogP contribution in [0.15, 0.2) is 49.1 Å². The summed E-state index contributed by atoms with van der Waals surface area (Å²) in [6.07, 6.45) is 9.74. The molecule has 0 radical (unpaired) electrons. The van der Waals surface area contributed by atoms with Gasteiger partial charge in [0.1, 0.15) is 0 Å². The van der Waals surface area contributed by atoms with E-state index in [0.717, 1.165) is 29.5 Å². The van der Waals surface area contributed by atoms with E-state index in [4.69, 9.17) is 0 Å². The van der Waals surface area contributed by atoms with E-state index in [0.29, 0.717) is 5.46 Å². The molecule has 0 aliphatic heterocycles. The largest absolute Gasteiger partial charge is 0.489 e. The topological polar surface area (TPSA) is 40.5 Å². The van der Waals surface area contributed by atoms with Crippen molar-refractivity contribution in [3.8, 4) is 0 Å². The Morgan fingerprint density at radius 1 is 1.18 bits per heavy atom. The van der Waals surface area contributed by atoms with E-state index in [9.17, 15) is 10.0 Å². The van der Waals surface area contributed by atoms with Gasteiger partial charge >= 0.3 is 7.12 Å². The second-order valence-electron chi connectivity index (χ2n) is 4.11. The highest BCUT2D eigenvalue weighted by Crippen LogP contribution is 2.20. The Morgan fingerprint density at radius 3 is 2.76 bits per heavy atom. The molecule has 0 atom stereocenters. The van der Waals surface area contributed by atoms with Crippen molar-refractivity contribution in [2.45, 2.75) is 12.8 Å². The van der Waals surface area contributed by atoms with Crippen molar-refractivity contribution in [3.63, 3.8) is 0 Å². The highest BCUT2D eigenvalue weighted by molar-refractivity contribution is 6.59. The molecule has 0 bridgehead atoms. The second kappa shape index (κ2) is 5.17. The van der Waals surface area contributed by atoms with Crippen LogP contribution in [-0.4, -0.2) is 17.2 Å². The molecule has 0 saturated carbocycles. The maximum absolute atomic E-state index is 9.40. The molecule has 0 unspecified atom stereocenters. The van der Waals surface area contributed by atoms with Gasteiger partial charge in [-0.1, -0.05) is 49.1 Å². The minimum absolute atomic E-state index is 0.527. The monoisotopic (exact) mass is 226 g/mol. The summed E-state index contributed by atoms with van der Waals surface area (Å²) >= 11 is 0. The van der Waals surface area contributed by atoms with Crippen LogP contribution in [0.4, 0.5) is 0 Å². The second-order valence-corrected chi connectivity index (χ2v) is 4.11. The standard InChI is InChI=1S/C14H15BO2/c1-11-7-4-2-3-5-8-12-9-6-10-13(14(11)12)15(16)17/h2-4,6-7,9-10,16-17H,1,5,8H2/b3-2-,7-4-. The van der Waals surface area contributed by atoms with Crippen LogP contribution in [0.25, 0.3) is 5.57 Å². The molecule has 17 heavy (non-hydrogen) atoms. The van der Waals surface area contributed by atoms with Crippen molar-refractivity contribution in [2.75, 3.05) is 0 Å². The fourth-order valence-corrected chi connectivity index (χ4v) is 2.10. The van der Waals surface area contributed by atoms with Crippen molar-refractivity contribution in [2.24, 2.45) is 0 Å². The van der Waals surface area contributed by atoms with Gasteiger partial charge < -0.3 is 10.0 Å². The molecule has 2 N–H and O–H groups in total. The lowest BCUT2D eigenvalue weighted by molar-refractivity contribution is 0.425. The first-order chi connectivity index (χ1) is 8.20. The zero-order chi connectivity index (χ0) is 12.3. The molecule has 1 aromatic carbocycles. The summed E-state index contributed by atoms with van der Waals surface area (Å²) < 4.78 is 0. The molecule has 0 saturated heterocycles.